The van der Waals surface area contributed by atoms with Crippen molar-refractivity contribution in [2.24, 2.45) is 0 Å². The third-order valence-electron chi connectivity index (χ3n) is 4.66. The molecule has 0 spiro atoms. The monoisotopic (exact) mass is 558 g/mol. The first-order valence-corrected chi connectivity index (χ1v) is 15.8. The van der Waals surface area contributed by atoms with Gasteiger partial charge in [0.15, 0.2) is 6.23 Å². The largest absolute Gasteiger partial charge is 0.373 e. The molecule has 0 fully saturated rings. The van der Waals surface area contributed by atoms with Crippen LogP contribution in [0.3, 0.4) is 0 Å². The Balaban J connectivity index is 3.27. The molecule has 1 aromatic heterocycles. The zero-order valence-corrected chi connectivity index (χ0v) is 24.3. The maximum absolute atomic E-state index is 12.5. The van der Waals surface area contributed by atoms with E-state index in [4.69, 9.17) is 23.8 Å². The van der Waals surface area contributed by atoms with Crippen molar-refractivity contribution in [1.29, 1.82) is 5.26 Å². The summed E-state index contributed by atoms with van der Waals surface area (Å²) in [5, 5.41) is 8.94. The van der Waals surface area contributed by atoms with E-state index in [2.05, 4.69) is 22.3 Å². The van der Waals surface area contributed by atoms with Crippen molar-refractivity contribution in [3.8, 4) is 6.07 Å². The third kappa shape index (κ3) is 13.0. The van der Waals surface area contributed by atoms with Gasteiger partial charge >= 0.3 is 5.69 Å². The molecule has 0 bridgehead atoms. The molecule has 1 aromatic rings. The molecule has 208 valence electrons. The number of aromatic nitrogens is 2. The van der Waals surface area contributed by atoms with Gasteiger partial charge in [-0.05, 0) is 46.8 Å². The van der Waals surface area contributed by atoms with E-state index in [1.165, 1.54) is 16.8 Å². The van der Waals surface area contributed by atoms with Gasteiger partial charge in [-0.1, -0.05) is 12.2 Å². The third-order valence-corrected chi connectivity index (χ3v) is 7.63. The Labute approximate surface area is 220 Å². The number of rotatable bonds is 18. The van der Waals surface area contributed by atoms with Crippen LogP contribution in [0.5, 0.6) is 0 Å². The van der Waals surface area contributed by atoms with Gasteiger partial charge in [0, 0.05) is 24.3 Å². The molecule has 11 nitrogen and oxygen atoms in total. The average molecular weight is 559 g/mol. The minimum Gasteiger partial charge on any atom is -0.373 e. The predicted octanol–water partition coefficient (Wildman–Crippen LogP) is 4.05. The van der Waals surface area contributed by atoms with Crippen LogP contribution < -0.4 is 11.2 Å². The van der Waals surface area contributed by atoms with Crippen LogP contribution in [0, 0.1) is 11.3 Å². The van der Waals surface area contributed by atoms with E-state index in [9.17, 15) is 14.2 Å². The second-order valence-corrected chi connectivity index (χ2v) is 13.7. The van der Waals surface area contributed by atoms with E-state index >= 15 is 0 Å². The highest BCUT2D eigenvalue weighted by Gasteiger charge is 2.29. The summed E-state index contributed by atoms with van der Waals surface area (Å²) in [5.41, 5.74) is -1.19. The fraction of sp³-hybridized carbons (Fsp3) is 0.625. The number of ether oxygens (including phenoxy) is 2. The highest BCUT2D eigenvalue weighted by Crippen LogP contribution is 2.46. The second kappa shape index (κ2) is 16.8. The van der Waals surface area contributed by atoms with Crippen LogP contribution in [0.1, 0.15) is 40.3 Å². The van der Waals surface area contributed by atoms with Gasteiger partial charge in [-0.15, -0.1) is 6.58 Å². The van der Waals surface area contributed by atoms with Gasteiger partial charge in [-0.3, -0.25) is 14.3 Å². The maximum Gasteiger partial charge on any atom is 0.330 e. The van der Waals surface area contributed by atoms with E-state index in [1.54, 1.807) is 31.3 Å². The van der Waals surface area contributed by atoms with Gasteiger partial charge in [-0.25, -0.2) is 9.46 Å². The van der Waals surface area contributed by atoms with E-state index in [0.717, 1.165) is 0 Å². The summed E-state index contributed by atoms with van der Waals surface area (Å²) in [4.78, 5) is 26.3. The molecule has 0 aromatic carbocycles. The predicted molar refractivity (Wildman–Crippen MR) is 146 cm³/mol. The van der Waals surface area contributed by atoms with Crippen LogP contribution >= 0.6 is 15.7 Å². The quantitative estimate of drug-likeness (QED) is 0.161. The fourth-order valence-electron chi connectivity index (χ4n) is 3.19. The molecule has 13 heteroatoms. The molecular weight excluding hydrogens is 518 g/mol. The van der Waals surface area contributed by atoms with Crippen molar-refractivity contribution in [1.82, 2.24) is 14.2 Å². The Hall–Kier alpha value is -1.89. The first-order valence-electron chi connectivity index (χ1n) is 12.0. The summed E-state index contributed by atoms with van der Waals surface area (Å²) >= 11 is 0. The Morgan fingerprint density at radius 2 is 1.89 bits per heavy atom. The SMILES string of the molecule is C=CCOCC(OC(/C=C/P(C)(C)=O)COP(OCCC#N)N(C(C)C)C(C)C)n1ccc(=O)[nH]c1=O. The zero-order valence-electron chi connectivity index (χ0n) is 22.5. The number of nitrogens with one attached hydrogen (secondary N) is 1. The summed E-state index contributed by atoms with van der Waals surface area (Å²) in [6.45, 7) is 15.4. The van der Waals surface area contributed by atoms with Crippen LogP contribution in [-0.2, 0) is 23.1 Å². The summed E-state index contributed by atoms with van der Waals surface area (Å²) in [5.74, 6) is 1.57. The molecule has 3 atom stereocenters. The molecule has 0 saturated heterocycles. The molecule has 0 aliphatic heterocycles. The number of nitrogens with zero attached hydrogens (tertiary/aromatic N) is 3. The van der Waals surface area contributed by atoms with Gasteiger partial charge < -0.3 is 23.1 Å². The lowest BCUT2D eigenvalue weighted by Crippen LogP contribution is -2.37. The maximum atomic E-state index is 12.5. The lowest BCUT2D eigenvalue weighted by atomic mass is 10.3. The van der Waals surface area contributed by atoms with Gasteiger partial charge in [0.2, 0.25) is 0 Å². The summed E-state index contributed by atoms with van der Waals surface area (Å²) < 4.78 is 39.6. The van der Waals surface area contributed by atoms with Crippen LogP contribution in [0.2, 0.25) is 0 Å². The van der Waals surface area contributed by atoms with Gasteiger partial charge in [-0.2, -0.15) is 5.26 Å². The number of hydrogen-bond donors (Lipinski definition) is 1. The van der Waals surface area contributed by atoms with Crippen LogP contribution in [0.25, 0.3) is 0 Å². The Morgan fingerprint density at radius 1 is 1.22 bits per heavy atom. The molecule has 0 aliphatic rings. The van der Waals surface area contributed by atoms with Crippen molar-refractivity contribution in [3.63, 3.8) is 0 Å². The minimum absolute atomic E-state index is 0.0146. The zero-order chi connectivity index (χ0) is 28.0. The Bertz CT molecular complexity index is 1050. The topological polar surface area (TPSA) is 136 Å². The fourth-order valence-corrected chi connectivity index (χ4v) is 5.41. The van der Waals surface area contributed by atoms with Crippen LogP contribution in [-0.4, -0.2) is 72.2 Å². The summed E-state index contributed by atoms with van der Waals surface area (Å²) in [6.07, 6.45) is 3.08. The standard InChI is InChI=1S/C24H40N4O7P2/c1-8-14-32-18-23(27-13-10-22(29)26-24(27)30)35-21(11-16-37(6,7)31)17-34-36(33-15-9-12-25)28(19(2)3)20(4)5/h8,10-11,13,16,19-21,23H,1,9,14-15,17-18H2,2-7H3,(H,26,29,30)/b16-11+. The van der Waals surface area contributed by atoms with Gasteiger partial charge in [0.1, 0.15) is 13.2 Å². The van der Waals surface area contributed by atoms with E-state index in [0.29, 0.717) is 0 Å². The Kier molecular flexibility index (Phi) is 15.1. The van der Waals surface area contributed by atoms with Crippen LogP contribution in [0.15, 0.2) is 46.4 Å². The van der Waals surface area contributed by atoms with Crippen LogP contribution in [0.4, 0.5) is 0 Å². The molecule has 1 N–H and O–H groups in total. The first kappa shape index (κ1) is 33.1. The molecule has 0 radical (unpaired) electrons. The summed E-state index contributed by atoms with van der Waals surface area (Å²) in [6, 6.07) is 3.49. The highest BCUT2D eigenvalue weighted by atomic mass is 31.2. The molecular formula is C24H40N4O7P2. The van der Waals surface area contributed by atoms with Gasteiger partial charge in [0.05, 0.1) is 38.9 Å². The molecule has 0 amide bonds. The first-order chi connectivity index (χ1) is 17.4. The number of aromatic amines is 1. The molecule has 0 saturated carbocycles. The lowest BCUT2D eigenvalue weighted by Gasteiger charge is -2.36. The van der Waals surface area contributed by atoms with Gasteiger partial charge in [0.25, 0.3) is 14.1 Å². The number of nitriles is 1. The average Bonchev–Trinajstić information content (AvgIpc) is 2.79. The van der Waals surface area contributed by atoms with Crippen molar-refractivity contribution in [3.05, 3.63) is 57.6 Å². The van der Waals surface area contributed by atoms with E-state index in [-0.39, 0.29) is 44.9 Å². The molecule has 3 unspecified atom stereocenters. The molecule has 0 aliphatic carbocycles. The molecule has 1 heterocycles. The normalized spacial score (nSPS) is 14.8. The number of H-pyrrole nitrogens is 1. The van der Waals surface area contributed by atoms with Crippen molar-refractivity contribution >= 4 is 15.7 Å². The van der Waals surface area contributed by atoms with Crippen molar-refractivity contribution in [2.75, 3.05) is 39.8 Å². The lowest BCUT2D eigenvalue weighted by molar-refractivity contribution is -0.0898. The summed E-state index contributed by atoms with van der Waals surface area (Å²) in [7, 11) is -4.10. The van der Waals surface area contributed by atoms with E-state index < -0.39 is 39.2 Å². The number of hydrogen-bond acceptors (Lipinski definition) is 9. The molecule has 1 rings (SSSR count). The second-order valence-electron chi connectivity index (χ2n) is 9.09. The smallest absolute Gasteiger partial charge is 0.330 e. The Morgan fingerprint density at radius 3 is 2.43 bits per heavy atom. The minimum atomic E-state index is -2.55. The highest BCUT2D eigenvalue weighted by molar-refractivity contribution is 7.65. The van der Waals surface area contributed by atoms with Crippen molar-refractivity contribution < 1.29 is 23.1 Å². The molecule has 37 heavy (non-hydrogen) atoms. The van der Waals surface area contributed by atoms with Crippen molar-refractivity contribution in [2.45, 2.75) is 58.5 Å². The van der Waals surface area contributed by atoms with E-state index in [1.807, 2.05) is 27.7 Å².